The van der Waals surface area contributed by atoms with Crippen molar-refractivity contribution in [2.45, 2.75) is 39.3 Å². The highest BCUT2D eigenvalue weighted by Crippen LogP contribution is 2.30. The molecule has 160 valence electrons. The van der Waals surface area contributed by atoms with Crippen LogP contribution in [-0.2, 0) is 13.6 Å². The minimum atomic E-state index is 0.498. The van der Waals surface area contributed by atoms with Gasteiger partial charge in [-0.15, -0.1) is 10.2 Å². The molecular formula is C24H29N7. The van der Waals surface area contributed by atoms with E-state index in [4.69, 9.17) is 6.57 Å². The zero-order valence-corrected chi connectivity index (χ0v) is 18.7. The van der Waals surface area contributed by atoms with Crippen LogP contribution in [0, 0.1) is 20.4 Å². The number of nitrogens with zero attached hydrogens (tertiary/aromatic N) is 7. The predicted octanol–water partition coefficient (Wildman–Crippen LogP) is 4.15. The van der Waals surface area contributed by atoms with Gasteiger partial charge in [0.1, 0.15) is 5.69 Å². The molecule has 0 amide bonds. The molecule has 31 heavy (non-hydrogen) atoms. The summed E-state index contributed by atoms with van der Waals surface area (Å²) in [4.78, 5) is 8.41. The van der Waals surface area contributed by atoms with E-state index in [1.165, 1.54) is 5.56 Å². The molecule has 7 nitrogen and oxygen atoms in total. The van der Waals surface area contributed by atoms with Gasteiger partial charge in [-0.3, -0.25) is 4.68 Å². The molecule has 3 heterocycles. The van der Waals surface area contributed by atoms with Crippen molar-refractivity contribution in [2.24, 2.45) is 7.05 Å². The monoisotopic (exact) mass is 415 g/mol. The van der Waals surface area contributed by atoms with Gasteiger partial charge in [0.05, 0.1) is 12.3 Å². The molecule has 4 rings (SSSR count). The van der Waals surface area contributed by atoms with Gasteiger partial charge in [-0.05, 0) is 56.5 Å². The predicted molar refractivity (Wildman–Crippen MR) is 123 cm³/mol. The molecular weight excluding hydrogens is 386 g/mol. The van der Waals surface area contributed by atoms with Crippen LogP contribution in [0.5, 0.6) is 0 Å². The van der Waals surface area contributed by atoms with Crippen LogP contribution in [0.2, 0.25) is 0 Å². The summed E-state index contributed by atoms with van der Waals surface area (Å²) in [6.07, 6.45) is 3.93. The number of benzene rings is 1. The van der Waals surface area contributed by atoms with E-state index in [0.29, 0.717) is 6.04 Å². The maximum atomic E-state index is 7.39. The Morgan fingerprint density at radius 3 is 2.52 bits per heavy atom. The summed E-state index contributed by atoms with van der Waals surface area (Å²) in [6.45, 7) is 14.4. The summed E-state index contributed by atoms with van der Waals surface area (Å²) in [5.74, 6) is 0.989. The van der Waals surface area contributed by atoms with Gasteiger partial charge in [0.15, 0.2) is 11.5 Å². The quantitative estimate of drug-likeness (QED) is 0.586. The molecule has 1 aliphatic rings. The SMILES string of the molecule is [C-]#[N+]c1ccccc1CN(C)C1CCN(c2nnc(-c3ccnn3C)c(C)c2C)CC1. The minimum Gasteiger partial charge on any atom is -0.355 e. The average Bonchev–Trinajstić information content (AvgIpc) is 3.21. The van der Waals surface area contributed by atoms with Gasteiger partial charge in [0, 0.05) is 38.9 Å². The fourth-order valence-corrected chi connectivity index (χ4v) is 4.41. The molecule has 1 fully saturated rings. The third-order valence-electron chi connectivity index (χ3n) is 6.48. The van der Waals surface area contributed by atoms with Gasteiger partial charge in [-0.1, -0.05) is 24.3 Å². The Kier molecular flexibility index (Phi) is 6.01. The first kappa shape index (κ1) is 21.0. The van der Waals surface area contributed by atoms with Crippen molar-refractivity contribution in [3.05, 3.63) is 64.6 Å². The molecule has 7 heteroatoms. The number of hydrogen-bond acceptors (Lipinski definition) is 5. The maximum Gasteiger partial charge on any atom is 0.191 e. The molecule has 0 unspecified atom stereocenters. The molecule has 0 aliphatic carbocycles. The average molecular weight is 416 g/mol. The van der Waals surface area contributed by atoms with Crippen molar-refractivity contribution < 1.29 is 0 Å². The lowest BCUT2D eigenvalue weighted by Crippen LogP contribution is -2.43. The molecule has 1 aromatic carbocycles. The second-order valence-electron chi connectivity index (χ2n) is 8.34. The van der Waals surface area contributed by atoms with Crippen LogP contribution in [0.15, 0.2) is 36.5 Å². The number of rotatable bonds is 5. The summed E-state index contributed by atoms with van der Waals surface area (Å²) in [5.41, 5.74) is 6.08. The van der Waals surface area contributed by atoms with Gasteiger partial charge in [-0.25, -0.2) is 4.85 Å². The van der Waals surface area contributed by atoms with Crippen molar-refractivity contribution in [3.8, 4) is 11.4 Å². The second kappa shape index (κ2) is 8.86. The van der Waals surface area contributed by atoms with Crippen LogP contribution >= 0.6 is 0 Å². The third-order valence-corrected chi connectivity index (χ3v) is 6.48. The van der Waals surface area contributed by atoms with Gasteiger partial charge >= 0.3 is 0 Å². The highest BCUT2D eigenvalue weighted by atomic mass is 15.3. The van der Waals surface area contributed by atoms with E-state index in [2.05, 4.69) is 56.9 Å². The van der Waals surface area contributed by atoms with Crippen LogP contribution in [0.4, 0.5) is 11.5 Å². The summed E-state index contributed by atoms with van der Waals surface area (Å²) >= 11 is 0. The van der Waals surface area contributed by atoms with Crippen LogP contribution in [0.1, 0.15) is 29.5 Å². The topological polar surface area (TPSA) is 54.4 Å². The normalized spacial score (nSPS) is 14.8. The molecule has 1 saturated heterocycles. The van der Waals surface area contributed by atoms with Crippen LogP contribution < -0.4 is 4.90 Å². The van der Waals surface area contributed by atoms with Crippen molar-refractivity contribution in [2.75, 3.05) is 25.0 Å². The number of anilines is 1. The Morgan fingerprint density at radius 1 is 1.10 bits per heavy atom. The van der Waals surface area contributed by atoms with Crippen molar-refractivity contribution in [1.29, 1.82) is 0 Å². The van der Waals surface area contributed by atoms with E-state index in [1.807, 2.05) is 36.0 Å². The number of para-hydroxylation sites is 1. The van der Waals surface area contributed by atoms with Crippen LogP contribution in [0.3, 0.4) is 0 Å². The maximum absolute atomic E-state index is 7.39. The smallest absolute Gasteiger partial charge is 0.191 e. The second-order valence-corrected chi connectivity index (χ2v) is 8.34. The molecule has 0 bridgehead atoms. The fraction of sp³-hybridized carbons (Fsp3) is 0.417. The highest BCUT2D eigenvalue weighted by Gasteiger charge is 2.26. The third kappa shape index (κ3) is 4.17. The van der Waals surface area contributed by atoms with Crippen molar-refractivity contribution in [1.82, 2.24) is 24.9 Å². The lowest BCUT2D eigenvalue weighted by molar-refractivity contribution is 0.200. The molecule has 0 saturated carbocycles. The standard InChI is InChI=1S/C24H29N7/c1-17-18(2)24(28-27-23(17)22-10-13-26-30(22)5)31-14-11-20(12-15-31)29(4)16-19-8-6-7-9-21(19)25-3/h6-10,13,20H,11-12,14-16H2,1-2,4-5H3. The van der Waals surface area contributed by atoms with E-state index in [0.717, 1.165) is 66.5 Å². The Bertz CT molecular complexity index is 1100. The first-order valence-corrected chi connectivity index (χ1v) is 10.7. The number of piperidine rings is 1. The van der Waals surface area contributed by atoms with Crippen LogP contribution in [-0.4, -0.2) is 51.1 Å². The molecule has 0 N–H and O–H groups in total. The highest BCUT2D eigenvalue weighted by molar-refractivity contribution is 5.64. The Hall–Kier alpha value is -3.24. The number of aromatic nitrogens is 4. The Labute approximate surface area is 184 Å². The summed E-state index contributed by atoms with van der Waals surface area (Å²) in [5, 5.41) is 13.4. The van der Waals surface area contributed by atoms with E-state index in [9.17, 15) is 0 Å². The lowest BCUT2D eigenvalue weighted by atomic mass is 10.0. The molecule has 0 radical (unpaired) electrons. The molecule has 0 atom stereocenters. The largest absolute Gasteiger partial charge is 0.355 e. The van der Waals surface area contributed by atoms with E-state index in [-0.39, 0.29) is 0 Å². The van der Waals surface area contributed by atoms with Gasteiger partial charge in [0.2, 0.25) is 0 Å². The summed E-state index contributed by atoms with van der Waals surface area (Å²) in [6, 6.07) is 10.4. The zero-order valence-electron chi connectivity index (χ0n) is 18.7. The lowest BCUT2D eigenvalue weighted by Gasteiger charge is -2.38. The van der Waals surface area contributed by atoms with Gasteiger partial charge in [0.25, 0.3) is 0 Å². The molecule has 0 spiro atoms. The molecule has 3 aromatic rings. The van der Waals surface area contributed by atoms with E-state index < -0.39 is 0 Å². The summed E-state index contributed by atoms with van der Waals surface area (Å²) in [7, 11) is 4.09. The van der Waals surface area contributed by atoms with E-state index in [1.54, 1.807) is 6.20 Å². The zero-order chi connectivity index (χ0) is 22.0. The number of hydrogen-bond donors (Lipinski definition) is 0. The summed E-state index contributed by atoms with van der Waals surface area (Å²) < 4.78 is 1.84. The molecule has 2 aromatic heterocycles. The number of aryl methyl sites for hydroxylation is 1. The Morgan fingerprint density at radius 2 is 1.84 bits per heavy atom. The van der Waals surface area contributed by atoms with Crippen LogP contribution in [0.25, 0.3) is 16.2 Å². The first-order valence-electron chi connectivity index (χ1n) is 10.7. The molecule has 1 aliphatic heterocycles. The fourth-order valence-electron chi connectivity index (χ4n) is 4.41. The van der Waals surface area contributed by atoms with E-state index >= 15 is 0 Å². The van der Waals surface area contributed by atoms with Crippen molar-refractivity contribution >= 4 is 11.5 Å². The Balaban J connectivity index is 1.44. The first-order chi connectivity index (χ1) is 15.0. The minimum absolute atomic E-state index is 0.498. The van der Waals surface area contributed by atoms with Crippen molar-refractivity contribution in [3.63, 3.8) is 0 Å². The van der Waals surface area contributed by atoms with Gasteiger partial charge < -0.3 is 9.80 Å². The van der Waals surface area contributed by atoms with Gasteiger partial charge in [-0.2, -0.15) is 5.10 Å².